The van der Waals surface area contributed by atoms with Crippen LogP contribution in [0.25, 0.3) is 4.85 Å². The predicted octanol–water partition coefficient (Wildman–Crippen LogP) is 8.30. The lowest BCUT2D eigenvalue weighted by Gasteiger charge is -2.31. The summed E-state index contributed by atoms with van der Waals surface area (Å²) in [6, 6.07) is 14.8. The number of nitrogens with zero attached hydrogens (tertiary/aromatic N) is 6. The minimum absolute atomic E-state index is 0.0106. The molecular weight excluding hydrogens is 1510 g/mol. The first-order valence-electron chi connectivity index (χ1n) is 30.3. The van der Waals surface area contributed by atoms with E-state index in [1.165, 1.54) is 47.4 Å². The van der Waals surface area contributed by atoms with E-state index in [1.54, 1.807) is 24.8 Å². The van der Waals surface area contributed by atoms with Crippen molar-refractivity contribution in [3.63, 3.8) is 0 Å². The largest absolute Gasteiger partial charge is 0.508 e. The van der Waals surface area contributed by atoms with E-state index in [0.29, 0.717) is 11.8 Å². The van der Waals surface area contributed by atoms with Crippen LogP contribution in [0.15, 0.2) is 65.7 Å². The number of nitriles is 2. The molecule has 0 radical (unpaired) electrons. The number of alkyl halides is 6. The highest BCUT2D eigenvalue weighted by Crippen LogP contribution is 2.43. The first-order chi connectivity index (χ1) is 56.9. The number of amidine groups is 1. The zero-order chi connectivity index (χ0) is 84.8. The minimum atomic E-state index is -4.87. The smallest absolute Gasteiger partial charge is 0.417 e. The molecule has 0 unspecified atom stereocenters. The number of benzene rings is 3. The Balaban J connectivity index is 0.000000690. The number of nitrogens with one attached hydrogen (secondary N) is 1. The molecule has 16 heteroatoms. The van der Waals surface area contributed by atoms with Crippen LogP contribution in [0, 0.1) is 456 Å². The number of thiocarbonyl (C=S) groups is 2. The van der Waals surface area contributed by atoms with E-state index in [1.807, 2.05) is 0 Å². The van der Waals surface area contributed by atoms with Crippen LogP contribution in [0.2, 0.25) is 0 Å². The Morgan fingerprint density at radius 2 is 0.667 bits per heavy atom. The molecule has 4 rings (SSSR count). The molecule has 0 saturated carbocycles. The number of hydrogen-bond acceptors (Lipinski definition) is 5. The lowest BCUT2D eigenvalue weighted by Crippen LogP contribution is -2.45. The third kappa shape index (κ3) is 40.7. The van der Waals surface area contributed by atoms with Crippen molar-refractivity contribution in [2.75, 3.05) is 15.1 Å². The van der Waals surface area contributed by atoms with Crippen molar-refractivity contribution in [3.05, 3.63) is 88.8 Å². The molecule has 0 amide bonds. The Morgan fingerprint density at radius 3 is 0.915 bits per heavy atom. The van der Waals surface area contributed by atoms with Gasteiger partial charge in [-0.1, -0.05) is 6.07 Å². The Hall–Kier alpha value is -21.1. The van der Waals surface area contributed by atoms with Gasteiger partial charge < -0.3 is 15.3 Å². The summed E-state index contributed by atoms with van der Waals surface area (Å²) in [6.45, 7) is 10.4. The van der Waals surface area contributed by atoms with Crippen LogP contribution < -0.4 is 15.1 Å². The summed E-state index contributed by atoms with van der Waals surface area (Å²) in [5.41, 5.74) is -4.64. The van der Waals surface area contributed by atoms with Crippen LogP contribution in [0.3, 0.4) is 0 Å². The molecule has 117 heavy (non-hydrogen) atoms. The second-order valence-corrected chi connectivity index (χ2v) is 19.3. The van der Waals surface area contributed by atoms with Crippen LogP contribution in [0.5, 0.6) is 5.75 Å². The van der Waals surface area contributed by atoms with Crippen molar-refractivity contribution < 1.29 is 31.4 Å². The maximum atomic E-state index is 13.9. The molecule has 0 aliphatic carbocycles. The monoisotopic (exact) mass is 1520 g/mol. The number of aliphatic imine (C=N–C) groups is 1. The number of phenolic OH excluding ortho intramolecular Hbond substituents is 1. The van der Waals surface area contributed by atoms with Gasteiger partial charge in [0.1, 0.15) is 17.1 Å². The normalized spacial score (nSPS) is 8.27. The van der Waals surface area contributed by atoms with Gasteiger partial charge in [0.2, 0.25) is 0 Å². The second kappa shape index (κ2) is 56.3. The molecule has 8 nitrogen and oxygen atoms in total. The van der Waals surface area contributed by atoms with Crippen molar-refractivity contribution in [1.82, 2.24) is 0 Å². The van der Waals surface area contributed by atoms with Crippen molar-refractivity contribution in [2.24, 2.45) is 4.99 Å². The van der Waals surface area contributed by atoms with Gasteiger partial charge in [0.05, 0.1) is 29.3 Å². The maximum absolute atomic E-state index is 13.9. The summed E-state index contributed by atoms with van der Waals surface area (Å²) in [4.78, 5) is 10.1. The van der Waals surface area contributed by atoms with Crippen LogP contribution in [-0.2, 0) is 12.4 Å². The van der Waals surface area contributed by atoms with Crippen molar-refractivity contribution in [1.29, 1.82) is 10.5 Å². The third-order valence-electron chi connectivity index (χ3n) is 10.8. The van der Waals surface area contributed by atoms with Gasteiger partial charge in [-0.3, -0.25) is 4.90 Å². The predicted molar refractivity (Wildman–Crippen MR) is 444 cm³/mol. The van der Waals surface area contributed by atoms with Gasteiger partial charge in [-0.2, -0.15) is 36.9 Å². The van der Waals surface area contributed by atoms with Gasteiger partial charge in [-0.05, 0) is 140 Å². The molecule has 0 spiro atoms. The zero-order valence-electron chi connectivity index (χ0n) is 59.1. The summed E-state index contributed by atoms with van der Waals surface area (Å²) in [5.74, 6) is 175. The molecule has 3 aromatic carbocycles. The van der Waals surface area contributed by atoms with E-state index in [2.05, 4.69) is 436 Å². The number of hydrogen-bond donors (Lipinski definition) is 2. The number of terminal acetylenes is 1. The highest BCUT2D eigenvalue weighted by molar-refractivity contribution is 7.81. The number of anilines is 3. The lowest BCUT2D eigenvalue weighted by atomic mass is 10.0. The standard InChI is InChI=1S/C73HN.C28H18F6N6OS2/c1-2-3-4-5-6-7-8-9-10-11-12-13-14-15-16-17-18-19-20-21-22-23-24-25-26-27-28-29-30-31-32-33-34-35-36-37-38-39-40-41-42-43-44-45-46-47-48-49-50-51-52-53-54-55-56-57-58-59-60-61-62-63-64-65-66-67-68-69-70-71-72-73-74;1-26(2)23(38-24(42)37-16-5-4-15(14-35)20(12-16)27(29,30)31)39(25(43)40(26)17-6-9-19(41)10-7-17)18-8-11-22(36-3)21(13-18)28(32,33)34/h1H;4-13,41H,1-2H3,(H,37,42). The molecule has 0 atom stereocenters. The molecule has 518 valence electrons. The van der Waals surface area contributed by atoms with Crippen LogP contribution in [0.4, 0.5) is 49.1 Å². The van der Waals surface area contributed by atoms with Gasteiger partial charge >= 0.3 is 12.4 Å². The molecule has 0 aromatic heterocycles. The molecule has 0 bridgehead atoms. The Bertz CT molecular complexity index is 7170. The van der Waals surface area contributed by atoms with E-state index in [-0.39, 0.29) is 33.2 Å². The molecule has 1 aliphatic rings. The molecule has 2 N–H and O–H groups in total. The Kier molecular flexibility index (Phi) is 43.4. The Labute approximate surface area is 686 Å². The zero-order valence-corrected chi connectivity index (χ0v) is 60.7. The number of rotatable bonds is 3. The second-order valence-electron chi connectivity index (χ2n) is 18.6. The Morgan fingerprint density at radius 1 is 0.402 bits per heavy atom. The van der Waals surface area contributed by atoms with Crippen LogP contribution in [0.1, 0.15) is 30.5 Å². The minimum Gasteiger partial charge on any atom is -0.508 e. The van der Waals surface area contributed by atoms with Gasteiger partial charge in [-0.25, -0.2) is 9.84 Å². The molecule has 3 aromatic rings. The fourth-order valence-electron chi connectivity index (χ4n) is 6.64. The van der Waals surface area contributed by atoms with E-state index in [4.69, 9.17) is 48.0 Å². The van der Waals surface area contributed by atoms with Gasteiger partial charge in [0.15, 0.2) is 22.0 Å². The molecular formula is C101H19F6N7OS2. The summed E-state index contributed by atoms with van der Waals surface area (Å²) < 4.78 is 82.0. The topological polar surface area (TPSA) is 103 Å². The highest BCUT2D eigenvalue weighted by Gasteiger charge is 2.49. The van der Waals surface area contributed by atoms with Gasteiger partial charge in [-0.15, -0.1) is 6.42 Å². The summed E-state index contributed by atoms with van der Waals surface area (Å²) in [5, 5.41) is 29.2. The molecule has 1 aliphatic heterocycles. The lowest BCUT2D eigenvalue weighted by molar-refractivity contribution is -0.138. The van der Waals surface area contributed by atoms with Crippen LogP contribution in [-0.4, -0.2) is 26.7 Å². The number of phenols is 1. The summed E-state index contributed by atoms with van der Waals surface area (Å²) in [6.07, 6.45) is -4.75. The van der Waals surface area contributed by atoms with E-state index in [0.717, 1.165) is 18.2 Å². The number of aromatic hydroxyl groups is 1. The average Bonchev–Trinajstić information content (AvgIpc) is 1.57. The van der Waals surface area contributed by atoms with E-state index < -0.39 is 40.3 Å². The SMILES string of the molecule is C#CC#CC#CC#CC#CC#CC#CC#CC#CC#CC#CC#CC#CC#CC#CC#CC#CC#CC#CC#CC#CC#CC#CC#CC#CC#CC#CC#CC#CC#CC#CC#CC#CC#CC#CC#CC#N.[C-]#[N+]c1ccc(N2C(=S)N(c3ccc(O)cc3)C(C)(C)C2=NC(=S)Nc2ccc(C#N)c(C(F)(F)F)c2)cc1C(F)(F)F. The fraction of sp³-hybridized carbons (Fsp3) is 0.0495. The molecule has 1 heterocycles. The highest BCUT2D eigenvalue weighted by atomic mass is 32.1. The van der Waals surface area contributed by atoms with Crippen molar-refractivity contribution in [2.45, 2.75) is 31.7 Å². The van der Waals surface area contributed by atoms with Crippen molar-refractivity contribution >= 4 is 63.2 Å². The van der Waals surface area contributed by atoms with Gasteiger partial charge in [0.25, 0.3) is 0 Å². The first-order valence-corrected chi connectivity index (χ1v) is 31.1. The van der Waals surface area contributed by atoms with E-state index in [9.17, 15) is 31.4 Å². The van der Waals surface area contributed by atoms with E-state index >= 15 is 0 Å². The van der Waals surface area contributed by atoms with Crippen molar-refractivity contribution in [3.8, 4) is 445 Å². The quantitative estimate of drug-likeness (QED) is 0.117. The maximum Gasteiger partial charge on any atom is 0.417 e. The number of halogens is 6. The van der Waals surface area contributed by atoms with Crippen LogP contribution >= 0.6 is 24.4 Å². The first kappa shape index (κ1) is 90.1. The third-order valence-corrected chi connectivity index (χ3v) is 11.4. The van der Waals surface area contributed by atoms with Gasteiger partial charge in [0, 0.05) is 390 Å². The molecule has 1 fully saturated rings. The summed E-state index contributed by atoms with van der Waals surface area (Å²) >= 11 is 11.0. The molecule has 1 saturated heterocycles. The summed E-state index contributed by atoms with van der Waals surface area (Å²) in [7, 11) is 0. The fourth-order valence-corrected chi connectivity index (χ4v) is 7.37. The average molecular weight is 1520 g/mol.